The van der Waals surface area contributed by atoms with Gasteiger partial charge in [-0.2, -0.15) is 5.10 Å². The predicted molar refractivity (Wildman–Crippen MR) is 145 cm³/mol. The van der Waals surface area contributed by atoms with Gasteiger partial charge in [-0.1, -0.05) is 84.9 Å². The van der Waals surface area contributed by atoms with E-state index in [2.05, 4.69) is 16.6 Å². The van der Waals surface area contributed by atoms with Crippen LogP contribution in [-0.2, 0) is 14.8 Å². The number of sulfonamides is 1. The summed E-state index contributed by atoms with van der Waals surface area (Å²) in [5.74, 6) is -0.556. The van der Waals surface area contributed by atoms with Crippen LogP contribution in [0.2, 0.25) is 0 Å². The third kappa shape index (κ3) is 4.69. The Bertz CT molecular complexity index is 1610. The predicted octanol–water partition coefficient (Wildman–Crippen LogP) is 5.34. The number of hydrogen-bond acceptors (Lipinski definition) is 4. The van der Waals surface area contributed by atoms with Crippen LogP contribution in [-0.4, -0.2) is 27.1 Å². The molecular formula is C29H23N3O3S. The topological polar surface area (TPSA) is 78.8 Å². The van der Waals surface area contributed by atoms with Crippen LogP contribution in [0.1, 0.15) is 5.56 Å². The molecule has 0 heterocycles. The SMILES string of the molecule is O=C(CN(c1ccccc1)S(=O)(=O)c1ccccc1)N/N=C\c1c2ccccc2cc2ccccc12. The molecular weight excluding hydrogens is 470 g/mol. The molecule has 0 fully saturated rings. The Kier molecular flexibility index (Phi) is 6.47. The van der Waals surface area contributed by atoms with Gasteiger partial charge < -0.3 is 0 Å². The number of anilines is 1. The van der Waals surface area contributed by atoms with Gasteiger partial charge in [0, 0.05) is 5.56 Å². The van der Waals surface area contributed by atoms with Gasteiger partial charge in [0.1, 0.15) is 6.54 Å². The monoisotopic (exact) mass is 493 g/mol. The van der Waals surface area contributed by atoms with E-state index in [1.54, 1.807) is 54.7 Å². The molecule has 0 spiro atoms. The summed E-state index contributed by atoms with van der Waals surface area (Å²) in [7, 11) is -3.96. The first-order valence-corrected chi connectivity index (χ1v) is 12.8. The summed E-state index contributed by atoms with van der Waals surface area (Å²) in [4.78, 5) is 13.0. The average molecular weight is 494 g/mol. The van der Waals surface area contributed by atoms with E-state index in [9.17, 15) is 13.2 Å². The Morgan fingerprint density at radius 2 is 1.28 bits per heavy atom. The minimum Gasteiger partial charge on any atom is -0.271 e. The Morgan fingerprint density at radius 3 is 1.89 bits per heavy atom. The minimum atomic E-state index is -3.96. The maximum absolute atomic E-state index is 13.4. The summed E-state index contributed by atoms with van der Waals surface area (Å²) in [5.41, 5.74) is 3.77. The van der Waals surface area contributed by atoms with Gasteiger partial charge in [0.15, 0.2) is 0 Å². The number of amides is 1. The fourth-order valence-corrected chi connectivity index (χ4v) is 5.59. The van der Waals surface area contributed by atoms with Crippen LogP contribution in [0.4, 0.5) is 5.69 Å². The number of carbonyl (C=O) groups is 1. The van der Waals surface area contributed by atoms with Crippen LogP contribution in [0.15, 0.2) is 125 Å². The van der Waals surface area contributed by atoms with Crippen molar-refractivity contribution in [2.45, 2.75) is 4.90 Å². The fourth-order valence-electron chi connectivity index (χ4n) is 4.15. The molecule has 5 aromatic carbocycles. The van der Waals surface area contributed by atoms with E-state index in [0.29, 0.717) is 5.69 Å². The van der Waals surface area contributed by atoms with Crippen molar-refractivity contribution in [3.05, 3.63) is 121 Å². The number of carbonyl (C=O) groups excluding carboxylic acids is 1. The highest BCUT2D eigenvalue weighted by molar-refractivity contribution is 7.92. The van der Waals surface area contributed by atoms with Crippen molar-refractivity contribution < 1.29 is 13.2 Å². The van der Waals surface area contributed by atoms with Gasteiger partial charge in [-0.05, 0) is 51.9 Å². The Balaban J connectivity index is 1.43. The minimum absolute atomic E-state index is 0.104. The summed E-state index contributed by atoms with van der Waals surface area (Å²) in [6.07, 6.45) is 1.61. The maximum Gasteiger partial charge on any atom is 0.264 e. The zero-order valence-electron chi connectivity index (χ0n) is 19.3. The van der Waals surface area contributed by atoms with Crippen molar-refractivity contribution in [1.29, 1.82) is 0 Å². The first kappa shape index (κ1) is 23.3. The second-order valence-electron chi connectivity index (χ2n) is 8.19. The molecule has 0 bridgehead atoms. The molecule has 0 aliphatic heterocycles. The first-order chi connectivity index (χ1) is 17.5. The van der Waals surface area contributed by atoms with Gasteiger partial charge in [0.25, 0.3) is 15.9 Å². The van der Waals surface area contributed by atoms with Crippen molar-refractivity contribution >= 4 is 49.4 Å². The van der Waals surface area contributed by atoms with Crippen molar-refractivity contribution in [3.63, 3.8) is 0 Å². The second-order valence-corrected chi connectivity index (χ2v) is 10.0. The molecule has 0 aliphatic carbocycles. The second kappa shape index (κ2) is 10.0. The normalized spacial score (nSPS) is 11.7. The van der Waals surface area contributed by atoms with Crippen LogP contribution in [0, 0.1) is 0 Å². The van der Waals surface area contributed by atoms with E-state index in [0.717, 1.165) is 31.4 Å². The molecule has 0 unspecified atom stereocenters. The van der Waals surface area contributed by atoms with Gasteiger partial charge in [0.05, 0.1) is 16.8 Å². The smallest absolute Gasteiger partial charge is 0.264 e. The zero-order valence-corrected chi connectivity index (χ0v) is 20.1. The third-order valence-electron chi connectivity index (χ3n) is 5.86. The Morgan fingerprint density at radius 1 is 0.750 bits per heavy atom. The van der Waals surface area contributed by atoms with E-state index < -0.39 is 22.5 Å². The zero-order chi connectivity index (χ0) is 25.0. The quantitative estimate of drug-likeness (QED) is 0.189. The van der Waals surface area contributed by atoms with E-state index >= 15 is 0 Å². The molecule has 0 atom stereocenters. The lowest BCUT2D eigenvalue weighted by Gasteiger charge is -2.23. The molecule has 5 rings (SSSR count). The number of fused-ring (bicyclic) bond motifs is 2. The lowest BCUT2D eigenvalue weighted by atomic mass is 9.97. The third-order valence-corrected chi connectivity index (χ3v) is 7.65. The van der Waals surface area contributed by atoms with Crippen molar-refractivity contribution in [2.75, 3.05) is 10.8 Å². The molecule has 0 saturated heterocycles. The van der Waals surface area contributed by atoms with E-state index in [1.165, 1.54) is 12.1 Å². The largest absolute Gasteiger partial charge is 0.271 e. The van der Waals surface area contributed by atoms with Crippen molar-refractivity contribution in [3.8, 4) is 0 Å². The lowest BCUT2D eigenvalue weighted by molar-refractivity contribution is -0.119. The number of benzene rings is 5. The van der Waals surface area contributed by atoms with Gasteiger partial charge in [0.2, 0.25) is 0 Å². The molecule has 0 aromatic heterocycles. The molecule has 1 amide bonds. The summed E-state index contributed by atoms with van der Waals surface area (Å²) in [6.45, 7) is -0.422. The summed E-state index contributed by atoms with van der Waals surface area (Å²) >= 11 is 0. The van der Waals surface area contributed by atoms with Gasteiger partial charge in [-0.25, -0.2) is 13.8 Å². The molecule has 7 heteroatoms. The number of para-hydroxylation sites is 1. The molecule has 0 saturated carbocycles. The average Bonchev–Trinajstić information content (AvgIpc) is 2.92. The highest BCUT2D eigenvalue weighted by Gasteiger charge is 2.26. The van der Waals surface area contributed by atoms with Crippen molar-refractivity contribution in [1.82, 2.24) is 5.43 Å². The highest BCUT2D eigenvalue weighted by atomic mass is 32.2. The van der Waals surface area contributed by atoms with Crippen molar-refractivity contribution in [2.24, 2.45) is 5.10 Å². The molecule has 178 valence electrons. The summed E-state index contributed by atoms with van der Waals surface area (Å²) in [5, 5.41) is 8.34. The van der Waals surface area contributed by atoms with Crippen LogP contribution in [0.5, 0.6) is 0 Å². The fraction of sp³-hybridized carbons (Fsp3) is 0.0345. The maximum atomic E-state index is 13.4. The first-order valence-electron chi connectivity index (χ1n) is 11.4. The number of rotatable bonds is 7. The Labute approximate surface area is 209 Å². The van der Waals surface area contributed by atoms with Gasteiger partial charge >= 0.3 is 0 Å². The lowest BCUT2D eigenvalue weighted by Crippen LogP contribution is -2.39. The van der Waals surface area contributed by atoms with Crippen LogP contribution in [0.25, 0.3) is 21.5 Å². The van der Waals surface area contributed by atoms with Crippen LogP contribution >= 0.6 is 0 Å². The standard InChI is InChI=1S/C29H23N3O3S/c33-29(21-32(24-13-3-1-4-14-24)36(34,35)25-15-5-2-6-16-25)31-30-20-28-26-17-9-7-11-22(26)19-23-12-8-10-18-27(23)28/h1-20H,21H2,(H,31,33)/b30-20-. The van der Waals surface area contributed by atoms with Gasteiger partial charge in [-0.15, -0.1) is 0 Å². The van der Waals surface area contributed by atoms with Crippen LogP contribution in [0.3, 0.4) is 0 Å². The molecule has 36 heavy (non-hydrogen) atoms. The molecule has 0 aliphatic rings. The summed E-state index contributed by atoms with van der Waals surface area (Å²) in [6, 6.07) is 34.7. The van der Waals surface area contributed by atoms with E-state index in [-0.39, 0.29) is 4.90 Å². The number of hydrazone groups is 1. The van der Waals surface area contributed by atoms with E-state index in [1.807, 2.05) is 48.5 Å². The summed E-state index contributed by atoms with van der Waals surface area (Å²) < 4.78 is 27.8. The molecule has 0 radical (unpaired) electrons. The molecule has 1 N–H and O–H groups in total. The van der Waals surface area contributed by atoms with E-state index in [4.69, 9.17) is 0 Å². The molecule has 5 aromatic rings. The molecule has 6 nitrogen and oxygen atoms in total. The highest BCUT2D eigenvalue weighted by Crippen LogP contribution is 2.27. The number of hydrogen-bond donors (Lipinski definition) is 1. The van der Waals surface area contributed by atoms with Crippen LogP contribution < -0.4 is 9.73 Å². The Hall–Kier alpha value is -4.49. The van der Waals surface area contributed by atoms with Gasteiger partial charge in [-0.3, -0.25) is 9.10 Å². The number of nitrogens with zero attached hydrogens (tertiary/aromatic N) is 2. The number of nitrogens with one attached hydrogen (secondary N) is 1.